The van der Waals surface area contributed by atoms with Gasteiger partial charge in [0.2, 0.25) is 5.91 Å². The third kappa shape index (κ3) is 4.01. The monoisotopic (exact) mass is 346 g/mol. The Morgan fingerprint density at radius 1 is 1.26 bits per heavy atom. The Bertz CT molecular complexity index is 607. The molecule has 2 rings (SSSR count). The highest BCUT2D eigenvalue weighted by molar-refractivity contribution is 8.00. The van der Waals surface area contributed by atoms with Crippen LogP contribution in [0.2, 0.25) is 0 Å². The van der Waals surface area contributed by atoms with Gasteiger partial charge in [0.05, 0.1) is 5.75 Å². The lowest BCUT2D eigenvalue weighted by atomic mass is 9.92. The number of amides is 1. The second-order valence-electron chi connectivity index (χ2n) is 6.85. The maximum atomic E-state index is 14.1. The zero-order chi connectivity index (χ0) is 17.4. The Morgan fingerprint density at radius 2 is 1.91 bits per heavy atom. The first-order valence-corrected chi connectivity index (χ1v) is 8.36. The molecule has 0 aromatic heterocycles. The fourth-order valence-electron chi connectivity index (χ4n) is 2.98. The van der Waals surface area contributed by atoms with Crippen molar-refractivity contribution in [3.63, 3.8) is 0 Å². The van der Waals surface area contributed by atoms with Crippen molar-refractivity contribution in [1.29, 1.82) is 0 Å². The second kappa shape index (κ2) is 6.73. The summed E-state index contributed by atoms with van der Waals surface area (Å²) in [6.45, 7) is 5.19. The quantitative estimate of drug-likeness (QED) is 0.765. The van der Waals surface area contributed by atoms with Crippen LogP contribution >= 0.6 is 11.8 Å². The summed E-state index contributed by atoms with van der Waals surface area (Å²) in [6.07, 6.45) is 0. The Balaban J connectivity index is 2.28. The van der Waals surface area contributed by atoms with E-state index in [-0.39, 0.29) is 22.6 Å². The molecule has 1 fully saturated rings. The molecule has 3 nitrogen and oxygen atoms in total. The summed E-state index contributed by atoms with van der Waals surface area (Å²) in [5.74, 6) is -3.83. The van der Waals surface area contributed by atoms with Crippen LogP contribution in [0.3, 0.4) is 0 Å². The van der Waals surface area contributed by atoms with Gasteiger partial charge in [-0.15, -0.1) is 11.8 Å². The lowest BCUT2D eigenvalue weighted by Crippen LogP contribution is -2.42. The van der Waals surface area contributed by atoms with E-state index in [2.05, 4.69) is 0 Å². The van der Waals surface area contributed by atoms with E-state index in [1.807, 2.05) is 32.8 Å². The van der Waals surface area contributed by atoms with Crippen LogP contribution in [0.5, 0.6) is 0 Å². The van der Waals surface area contributed by atoms with Crippen LogP contribution in [-0.2, 0) is 4.79 Å². The molecule has 1 aromatic carbocycles. The summed E-state index contributed by atoms with van der Waals surface area (Å²) in [6, 6.07) is 2.12. The predicted octanol–water partition coefficient (Wildman–Crippen LogP) is 3.27. The van der Waals surface area contributed by atoms with E-state index in [0.717, 1.165) is 12.6 Å². The highest BCUT2D eigenvalue weighted by Crippen LogP contribution is 2.41. The first kappa shape index (κ1) is 18.1. The third-order valence-corrected chi connectivity index (χ3v) is 4.88. The molecule has 7 heteroatoms. The van der Waals surface area contributed by atoms with Crippen LogP contribution in [0.15, 0.2) is 12.1 Å². The molecule has 0 bridgehead atoms. The van der Waals surface area contributed by atoms with Crippen LogP contribution in [0, 0.1) is 22.9 Å². The first-order valence-electron chi connectivity index (χ1n) is 7.31. The minimum absolute atomic E-state index is 0.0143. The average molecular weight is 346 g/mol. The normalized spacial score (nSPS) is 19.0. The van der Waals surface area contributed by atoms with Crippen molar-refractivity contribution in [1.82, 2.24) is 9.80 Å². The van der Waals surface area contributed by atoms with E-state index in [1.54, 1.807) is 4.90 Å². The third-order valence-electron chi connectivity index (χ3n) is 3.64. The molecule has 0 saturated carbocycles. The SMILES string of the molecule is CN(C)CC(C)(C)CN1C(=O)CSC1c1ccc(F)c(F)c1F. The molecule has 1 heterocycles. The van der Waals surface area contributed by atoms with E-state index in [4.69, 9.17) is 0 Å². The molecule has 23 heavy (non-hydrogen) atoms. The molecule has 1 aliphatic rings. The molecule has 0 aliphatic carbocycles. The Hall–Kier alpha value is -1.21. The lowest BCUT2D eigenvalue weighted by molar-refractivity contribution is -0.129. The fraction of sp³-hybridized carbons (Fsp3) is 0.562. The molecule has 1 atom stereocenters. The minimum atomic E-state index is -1.49. The van der Waals surface area contributed by atoms with Crippen molar-refractivity contribution in [2.24, 2.45) is 5.41 Å². The Labute approximate surface area is 138 Å². The van der Waals surface area contributed by atoms with Crippen molar-refractivity contribution in [2.45, 2.75) is 19.2 Å². The van der Waals surface area contributed by atoms with Gasteiger partial charge >= 0.3 is 0 Å². The van der Waals surface area contributed by atoms with Gasteiger partial charge in [-0.1, -0.05) is 19.9 Å². The summed E-state index contributed by atoms with van der Waals surface area (Å²) in [4.78, 5) is 15.8. The van der Waals surface area contributed by atoms with Crippen LogP contribution in [0.4, 0.5) is 13.2 Å². The van der Waals surface area contributed by atoms with Crippen molar-refractivity contribution < 1.29 is 18.0 Å². The summed E-state index contributed by atoms with van der Waals surface area (Å²) in [7, 11) is 3.88. The van der Waals surface area contributed by atoms with Crippen molar-refractivity contribution >= 4 is 17.7 Å². The van der Waals surface area contributed by atoms with Crippen LogP contribution in [0.1, 0.15) is 24.8 Å². The van der Waals surface area contributed by atoms with Crippen molar-refractivity contribution in [3.05, 3.63) is 35.1 Å². The van der Waals surface area contributed by atoms with Gasteiger partial charge in [-0.2, -0.15) is 0 Å². The molecule has 0 N–H and O–H groups in total. The molecular weight excluding hydrogens is 325 g/mol. The van der Waals surface area contributed by atoms with Gasteiger partial charge in [0.25, 0.3) is 0 Å². The smallest absolute Gasteiger partial charge is 0.233 e. The number of benzene rings is 1. The number of thioether (sulfide) groups is 1. The number of hydrogen-bond acceptors (Lipinski definition) is 3. The summed E-state index contributed by atoms with van der Waals surface area (Å²) in [5, 5.41) is -0.626. The number of rotatable bonds is 5. The number of halogens is 3. The zero-order valence-electron chi connectivity index (χ0n) is 13.7. The molecule has 1 aromatic rings. The van der Waals surface area contributed by atoms with Crippen LogP contribution in [-0.4, -0.2) is 48.6 Å². The maximum Gasteiger partial charge on any atom is 0.233 e. The van der Waals surface area contributed by atoms with Crippen molar-refractivity contribution in [2.75, 3.05) is 32.9 Å². The molecule has 1 saturated heterocycles. The second-order valence-corrected chi connectivity index (χ2v) is 7.92. The zero-order valence-corrected chi connectivity index (χ0v) is 14.5. The standard InChI is InChI=1S/C16H21F3N2OS/c1-16(2,8-20(3)4)9-21-12(22)7-23-15(21)10-5-6-11(17)14(19)13(10)18/h5-6,15H,7-9H2,1-4H3. The number of hydrogen-bond donors (Lipinski definition) is 0. The van der Waals surface area contributed by atoms with Gasteiger partial charge in [-0.25, -0.2) is 13.2 Å². The summed E-state index contributed by atoms with van der Waals surface area (Å²) < 4.78 is 40.7. The Morgan fingerprint density at radius 3 is 2.52 bits per heavy atom. The Kier molecular flexibility index (Phi) is 5.30. The van der Waals surface area contributed by atoms with Gasteiger partial charge < -0.3 is 9.80 Å². The van der Waals surface area contributed by atoms with Crippen molar-refractivity contribution in [3.8, 4) is 0 Å². The van der Waals surface area contributed by atoms with Crippen LogP contribution in [0.25, 0.3) is 0 Å². The van der Waals surface area contributed by atoms with Gasteiger partial charge in [0.15, 0.2) is 17.5 Å². The molecule has 1 amide bonds. The highest BCUT2D eigenvalue weighted by atomic mass is 32.2. The average Bonchev–Trinajstić information content (AvgIpc) is 2.76. The minimum Gasteiger partial charge on any atom is -0.325 e. The lowest BCUT2D eigenvalue weighted by Gasteiger charge is -2.35. The van der Waals surface area contributed by atoms with Crippen LogP contribution < -0.4 is 0 Å². The van der Waals surface area contributed by atoms with Gasteiger partial charge in [0.1, 0.15) is 5.37 Å². The molecule has 1 unspecified atom stereocenters. The summed E-state index contributed by atoms with van der Waals surface area (Å²) in [5.41, 5.74) is -0.197. The first-order chi connectivity index (χ1) is 10.6. The number of carbonyl (C=O) groups excluding carboxylic acids is 1. The van der Waals surface area contributed by atoms with Gasteiger partial charge in [-0.3, -0.25) is 4.79 Å². The topological polar surface area (TPSA) is 23.6 Å². The molecule has 0 radical (unpaired) electrons. The van der Waals surface area contributed by atoms with Gasteiger partial charge in [0, 0.05) is 18.7 Å². The predicted molar refractivity (Wildman–Crippen MR) is 85.6 cm³/mol. The maximum absolute atomic E-state index is 14.1. The van der Waals surface area contributed by atoms with Gasteiger partial charge in [-0.05, 0) is 25.6 Å². The van der Waals surface area contributed by atoms with E-state index in [1.165, 1.54) is 17.8 Å². The number of nitrogens with zero attached hydrogens (tertiary/aromatic N) is 2. The van der Waals surface area contributed by atoms with E-state index < -0.39 is 22.8 Å². The van der Waals surface area contributed by atoms with E-state index in [9.17, 15) is 18.0 Å². The summed E-state index contributed by atoms with van der Waals surface area (Å²) >= 11 is 1.23. The molecule has 1 aliphatic heterocycles. The number of carbonyl (C=O) groups is 1. The van der Waals surface area contributed by atoms with E-state index in [0.29, 0.717) is 6.54 Å². The highest BCUT2D eigenvalue weighted by Gasteiger charge is 2.38. The molecule has 128 valence electrons. The molecular formula is C16H21F3N2OS. The molecule has 0 spiro atoms. The largest absolute Gasteiger partial charge is 0.325 e. The van der Waals surface area contributed by atoms with E-state index >= 15 is 0 Å². The fourth-order valence-corrected chi connectivity index (χ4v) is 4.18.